The van der Waals surface area contributed by atoms with Gasteiger partial charge in [0.15, 0.2) is 5.52 Å². The zero-order valence-corrected chi connectivity index (χ0v) is 10.8. The summed E-state index contributed by atoms with van der Waals surface area (Å²) in [6.07, 6.45) is 0. The van der Waals surface area contributed by atoms with Gasteiger partial charge in [-0.1, -0.05) is 0 Å². The second-order valence-electron chi connectivity index (χ2n) is 4.89. The van der Waals surface area contributed by atoms with Gasteiger partial charge in [-0.2, -0.15) is 0 Å². The predicted molar refractivity (Wildman–Crippen MR) is 68.4 cm³/mol. The van der Waals surface area contributed by atoms with Crippen LogP contribution >= 0.6 is 0 Å². The number of nitrogens with one attached hydrogen (secondary N) is 1. The van der Waals surface area contributed by atoms with Crippen molar-refractivity contribution in [3.05, 3.63) is 22.2 Å². The molecule has 106 valence electrons. The van der Waals surface area contributed by atoms with E-state index in [1.165, 1.54) is 12.1 Å². The number of carbonyl (C=O) groups is 1. The van der Waals surface area contributed by atoms with Gasteiger partial charge in [0, 0.05) is 12.6 Å². The molecule has 0 saturated carbocycles. The van der Waals surface area contributed by atoms with E-state index in [9.17, 15) is 14.9 Å². The first kappa shape index (κ1) is 13.7. The van der Waals surface area contributed by atoms with Gasteiger partial charge >= 0.3 is 11.7 Å². The molecule has 0 radical (unpaired) electrons. The Kier molecular flexibility index (Phi) is 3.26. The molecule has 0 aliphatic heterocycles. The topological polar surface area (TPSA) is 131 Å². The van der Waals surface area contributed by atoms with Crippen LogP contribution in [0.4, 0.5) is 11.4 Å². The molecule has 0 unspecified atom stereocenters. The maximum Gasteiger partial charge on any atom is 0.310 e. The van der Waals surface area contributed by atoms with Crippen molar-refractivity contribution in [2.24, 2.45) is 5.41 Å². The van der Waals surface area contributed by atoms with E-state index in [0.717, 1.165) is 0 Å². The van der Waals surface area contributed by atoms with E-state index < -0.39 is 16.3 Å². The van der Waals surface area contributed by atoms with Gasteiger partial charge in [0.05, 0.1) is 16.0 Å². The van der Waals surface area contributed by atoms with E-state index in [0.29, 0.717) is 5.69 Å². The van der Waals surface area contributed by atoms with Crippen LogP contribution in [-0.4, -0.2) is 32.9 Å². The summed E-state index contributed by atoms with van der Waals surface area (Å²) in [5.74, 6) is -0.957. The number of nitro benzene ring substituents is 1. The van der Waals surface area contributed by atoms with Crippen LogP contribution in [0.1, 0.15) is 13.8 Å². The number of nitro groups is 1. The molecule has 0 amide bonds. The van der Waals surface area contributed by atoms with Gasteiger partial charge in [-0.3, -0.25) is 14.9 Å². The van der Waals surface area contributed by atoms with E-state index in [-0.39, 0.29) is 23.3 Å². The minimum atomic E-state index is -0.995. The Morgan fingerprint density at radius 3 is 2.70 bits per heavy atom. The lowest BCUT2D eigenvalue weighted by Gasteiger charge is -2.20. The fraction of sp³-hybridized carbons (Fsp3) is 0.364. The Balaban J connectivity index is 2.33. The molecule has 0 spiro atoms. The Bertz CT molecular complexity index is 679. The van der Waals surface area contributed by atoms with Gasteiger partial charge in [0.25, 0.3) is 0 Å². The molecule has 2 rings (SSSR count). The Morgan fingerprint density at radius 1 is 1.45 bits per heavy atom. The number of hydrogen-bond donors (Lipinski definition) is 2. The second-order valence-corrected chi connectivity index (χ2v) is 4.89. The van der Waals surface area contributed by atoms with E-state index >= 15 is 0 Å². The zero-order chi connectivity index (χ0) is 14.9. The Hall–Kier alpha value is -2.71. The van der Waals surface area contributed by atoms with Gasteiger partial charge < -0.3 is 10.4 Å². The largest absolute Gasteiger partial charge is 0.481 e. The molecule has 9 heteroatoms. The lowest BCUT2D eigenvalue weighted by atomic mass is 9.94. The molecule has 0 bridgehead atoms. The first-order valence-electron chi connectivity index (χ1n) is 5.70. The molecule has 0 aliphatic carbocycles. The molecule has 2 aromatic rings. The van der Waals surface area contributed by atoms with Crippen molar-refractivity contribution in [3.63, 3.8) is 0 Å². The third kappa shape index (κ3) is 2.37. The number of non-ortho nitro benzene ring substituents is 1. The maximum absolute atomic E-state index is 11.0. The number of aromatic nitrogens is 2. The van der Waals surface area contributed by atoms with Gasteiger partial charge in [-0.05, 0) is 30.2 Å². The number of carboxylic acid groups (broad SMARTS) is 1. The highest BCUT2D eigenvalue weighted by atomic mass is 16.6. The minimum absolute atomic E-state index is 0.0214. The van der Waals surface area contributed by atoms with Crippen molar-refractivity contribution in [2.75, 3.05) is 11.9 Å². The molecule has 1 heterocycles. The highest BCUT2D eigenvalue weighted by Crippen LogP contribution is 2.29. The molecule has 20 heavy (non-hydrogen) atoms. The number of benzene rings is 1. The van der Waals surface area contributed by atoms with Crippen LogP contribution in [0.2, 0.25) is 0 Å². The quantitative estimate of drug-likeness (QED) is 0.624. The number of fused-ring (bicyclic) bond motifs is 1. The summed E-state index contributed by atoms with van der Waals surface area (Å²) in [7, 11) is 0. The number of nitrogens with zero attached hydrogens (tertiary/aromatic N) is 3. The summed E-state index contributed by atoms with van der Waals surface area (Å²) in [6.45, 7) is 3.25. The van der Waals surface area contributed by atoms with E-state index in [1.54, 1.807) is 13.8 Å². The first-order valence-corrected chi connectivity index (χ1v) is 5.70. The van der Waals surface area contributed by atoms with Gasteiger partial charge in [0.2, 0.25) is 5.52 Å². The molecular formula is C11H12N4O5. The van der Waals surface area contributed by atoms with Gasteiger partial charge in [0.1, 0.15) is 0 Å². The second kappa shape index (κ2) is 4.76. The van der Waals surface area contributed by atoms with Crippen LogP contribution in [0.3, 0.4) is 0 Å². The van der Waals surface area contributed by atoms with Crippen molar-refractivity contribution < 1.29 is 19.5 Å². The van der Waals surface area contributed by atoms with E-state index in [1.807, 2.05) is 0 Å². The third-order valence-electron chi connectivity index (χ3n) is 2.89. The molecule has 0 aliphatic rings. The van der Waals surface area contributed by atoms with Crippen molar-refractivity contribution in [1.82, 2.24) is 10.3 Å². The lowest BCUT2D eigenvalue weighted by Crippen LogP contribution is -2.31. The lowest BCUT2D eigenvalue weighted by molar-refractivity contribution is -0.383. The molecule has 9 nitrogen and oxygen atoms in total. The molecule has 0 saturated heterocycles. The average molecular weight is 280 g/mol. The van der Waals surface area contributed by atoms with Gasteiger partial charge in [-0.25, -0.2) is 4.63 Å². The highest BCUT2D eigenvalue weighted by molar-refractivity contribution is 5.93. The fourth-order valence-corrected chi connectivity index (χ4v) is 1.54. The Labute approximate surface area is 112 Å². The van der Waals surface area contributed by atoms with Crippen LogP contribution in [0.25, 0.3) is 11.0 Å². The highest BCUT2D eigenvalue weighted by Gasteiger charge is 2.28. The van der Waals surface area contributed by atoms with Crippen LogP contribution in [0, 0.1) is 15.5 Å². The smallest absolute Gasteiger partial charge is 0.310 e. The summed E-state index contributed by atoms with van der Waals surface area (Å²) < 4.78 is 4.52. The number of rotatable bonds is 5. The summed E-state index contributed by atoms with van der Waals surface area (Å²) in [4.78, 5) is 21.3. The van der Waals surface area contributed by atoms with Crippen LogP contribution < -0.4 is 5.32 Å². The number of anilines is 1. The summed E-state index contributed by atoms with van der Waals surface area (Å²) in [5, 5.41) is 29.9. The summed E-state index contributed by atoms with van der Waals surface area (Å²) >= 11 is 0. The van der Waals surface area contributed by atoms with E-state index in [2.05, 4.69) is 20.3 Å². The average Bonchev–Trinajstić information content (AvgIpc) is 2.84. The van der Waals surface area contributed by atoms with Gasteiger partial charge in [-0.15, -0.1) is 0 Å². The molecule has 1 aromatic heterocycles. The van der Waals surface area contributed by atoms with Crippen LogP contribution in [0.15, 0.2) is 16.8 Å². The van der Waals surface area contributed by atoms with Crippen molar-refractivity contribution in [3.8, 4) is 0 Å². The number of aliphatic carboxylic acids is 1. The molecule has 0 atom stereocenters. The summed E-state index contributed by atoms with van der Waals surface area (Å²) in [6, 6.07) is 2.71. The van der Waals surface area contributed by atoms with Crippen molar-refractivity contribution in [2.45, 2.75) is 13.8 Å². The third-order valence-corrected chi connectivity index (χ3v) is 2.89. The van der Waals surface area contributed by atoms with E-state index in [4.69, 9.17) is 5.11 Å². The maximum atomic E-state index is 11.0. The Morgan fingerprint density at radius 2 is 2.10 bits per heavy atom. The number of carboxylic acids is 1. The fourth-order valence-electron chi connectivity index (χ4n) is 1.54. The minimum Gasteiger partial charge on any atom is -0.481 e. The van der Waals surface area contributed by atoms with Crippen LogP contribution in [0.5, 0.6) is 0 Å². The molecule has 2 N–H and O–H groups in total. The molecule has 1 aromatic carbocycles. The number of hydrogen-bond acceptors (Lipinski definition) is 7. The SMILES string of the molecule is CC(C)(CNc1ccc([N+](=O)[O-])c2nonc12)C(=O)O. The first-order chi connectivity index (χ1) is 9.33. The summed E-state index contributed by atoms with van der Waals surface area (Å²) in [5.41, 5.74) is -0.565. The van der Waals surface area contributed by atoms with Crippen molar-refractivity contribution in [1.29, 1.82) is 0 Å². The normalized spacial score (nSPS) is 11.5. The molecular weight excluding hydrogens is 268 g/mol. The predicted octanol–water partition coefficient (Wildman–Crippen LogP) is 1.65. The standard InChI is InChI=1S/C11H12N4O5/c1-11(2,10(16)17)5-12-6-3-4-7(15(18)19)9-8(6)13-20-14-9/h3-4,12H,5H2,1-2H3,(H,16,17). The van der Waals surface area contributed by atoms with Crippen LogP contribution in [-0.2, 0) is 4.79 Å². The van der Waals surface area contributed by atoms with Crippen molar-refractivity contribution >= 4 is 28.4 Å². The molecule has 0 fully saturated rings. The zero-order valence-electron chi connectivity index (χ0n) is 10.8. The monoisotopic (exact) mass is 280 g/mol.